The minimum atomic E-state index is 1.14. The lowest BCUT2D eigenvalue weighted by Crippen LogP contribution is -2.46. The molecule has 0 unspecified atom stereocenters. The molecule has 2 nitrogen and oxygen atoms in total. The van der Waals surface area contributed by atoms with Crippen LogP contribution in [0.1, 0.15) is 40.5 Å². The number of hydrogen-bond donors (Lipinski definition) is 0. The SMILES string of the molecule is CCN1CCN(C/C=C(/C)CCC=C(C)C)CC1. The Bertz CT molecular complexity index is 279. The number of likely N-dealkylation sites (N-methyl/N-ethyl adjacent to an activating group) is 1. The molecule has 1 aliphatic rings. The zero-order chi connectivity index (χ0) is 13.4. The summed E-state index contributed by atoms with van der Waals surface area (Å²) in [6.07, 6.45) is 7.15. The van der Waals surface area contributed by atoms with Crippen molar-refractivity contribution in [2.75, 3.05) is 39.3 Å². The predicted molar refractivity (Wildman–Crippen MR) is 81.0 cm³/mol. The highest BCUT2D eigenvalue weighted by Gasteiger charge is 2.13. The van der Waals surface area contributed by atoms with E-state index in [1.165, 1.54) is 56.7 Å². The number of rotatable bonds is 6. The summed E-state index contributed by atoms with van der Waals surface area (Å²) in [4.78, 5) is 5.10. The molecule has 1 fully saturated rings. The molecule has 2 heteroatoms. The maximum absolute atomic E-state index is 2.57. The van der Waals surface area contributed by atoms with Gasteiger partial charge in [0.25, 0.3) is 0 Å². The lowest BCUT2D eigenvalue weighted by atomic mass is 10.1. The summed E-state index contributed by atoms with van der Waals surface area (Å²) in [7, 11) is 0. The molecule has 0 aromatic heterocycles. The molecule has 1 aliphatic heterocycles. The third-order valence-electron chi connectivity index (χ3n) is 3.70. The summed E-state index contributed by atoms with van der Waals surface area (Å²) in [5, 5.41) is 0. The van der Waals surface area contributed by atoms with E-state index < -0.39 is 0 Å². The summed E-state index contributed by atoms with van der Waals surface area (Å²) in [6, 6.07) is 0. The second kappa shape index (κ2) is 8.49. The second-order valence-corrected chi connectivity index (χ2v) is 5.61. The van der Waals surface area contributed by atoms with Gasteiger partial charge in [0, 0.05) is 32.7 Å². The van der Waals surface area contributed by atoms with Crippen LogP contribution in [0.4, 0.5) is 0 Å². The molecule has 1 rings (SSSR count). The minimum absolute atomic E-state index is 1.14. The van der Waals surface area contributed by atoms with Gasteiger partial charge in [-0.2, -0.15) is 0 Å². The van der Waals surface area contributed by atoms with Crippen LogP contribution in [0.25, 0.3) is 0 Å². The molecule has 0 bridgehead atoms. The molecule has 0 saturated carbocycles. The molecule has 1 saturated heterocycles. The fourth-order valence-corrected chi connectivity index (χ4v) is 2.26. The van der Waals surface area contributed by atoms with E-state index in [2.05, 4.69) is 49.6 Å². The van der Waals surface area contributed by atoms with Crippen LogP contribution < -0.4 is 0 Å². The van der Waals surface area contributed by atoms with Crippen molar-refractivity contribution in [2.24, 2.45) is 0 Å². The number of hydrogen-bond acceptors (Lipinski definition) is 2. The molecule has 0 atom stereocenters. The molecule has 0 spiro atoms. The third kappa shape index (κ3) is 6.36. The van der Waals surface area contributed by atoms with Crippen LogP contribution in [0.2, 0.25) is 0 Å². The Morgan fingerprint density at radius 2 is 1.56 bits per heavy atom. The molecule has 1 heterocycles. The summed E-state index contributed by atoms with van der Waals surface area (Å²) < 4.78 is 0. The molecule has 0 N–H and O–H groups in total. The Morgan fingerprint density at radius 1 is 0.944 bits per heavy atom. The first-order valence-corrected chi connectivity index (χ1v) is 7.35. The Balaban J connectivity index is 2.21. The molecule has 0 aliphatic carbocycles. The third-order valence-corrected chi connectivity index (χ3v) is 3.70. The van der Waals surface area contributed by atoms with Crippen molar-refractivity contribution in [1.29, 1.82) is 0 Å². The van der Waals surface area contributed by atoms with Gasteiger partial charge in [-0.25, -0.2) is 0 Å². The largest absolute Gasteiger partial charge is 0.301 e. The van der Waals surface area contributed by atoms with E-state index >= 15 is 0 Å². The molecule has 104 valence electrons. The van der Waals surface area contributed by atoms with Crippen LogP contribution in [0.5, 0.6) is 0 Å². The van der Waals surface area contributed by atoms with Gasteiger partial charge in [-0.3, -0.25) is 4.90 Å². The van der Waals surface area contributed by atoms with Crippen molar-refractivity contribution in [3.05, 3.63) is 23.3 Å². The van der Waals surface area contributed by atoms with Crippen molar-refractivity contribution in [2.45, 2.75) is 40.5 Å². The monoisotopic (exact) mass is 250 g/mol. The number of nitrogens with zero attached hydrogens (tertiary/aromatic N) is 2. The van der Waals surface area contributed by atoms with E-state index in [1.807, 2.05) is 0 Å². The molecule has 0 aromatic carbocycles. The molecule has 18 heavy (non-hydrogen) atoms. The zero-order valence-electron chi connectivity index (χ0n) is 12.7. The molecular weight excluding hydrogens is 220 g/mol. The van der Waals surface area contributed by atoms with Crippen molar-refractivity contribution in [3.63, 3.8) is 0 Å². The Morgan fingerprint density at radius 3 is 2.11 bits per heavy atom. The fraction of sp³-hybridized carbons (Fsp3) is 0.750. The average Bonchev–Trinajstić information content (AvgIpc) is 2.36. The Hall–Kier alpha value is -0.600. The van der Waals surface area contributed by atoms with Crippen molar-refractivity contribution >= 4 is 0 Å². The maximum Gasteiger partial charge on any atom is 0.0166 e. The average molecular weight is 250 g/mol. The van der Waals surface area contributed by atoms with Gasteiger partial charge in [0.15, 0.2) is 0 Å². The van der Waals surface area contributed by atoms with E-state index in [0.717, 1.165) is 6.54 Å². The first kappa shape index (κ1) is 15.5. The van der Waals surface area contributed by atoms with Gasteiger partial charge in [0.05, 0.1) is 0 Å². The summed E-state index contributed by atoms with van der Waals surface area (Å²) >= 11 is 0. The van der Waals surface area contributed by atoms with E-state index in [9.17, 15) is 0 Å². The van der Waals surface area contributed by atoms with Crippen LogP contribution in [-0.4, -0.2) is 49.1 Å². The quantitative estimate of drug-likeness (QED) is 0.667. The van der Waals surface area contributed by atoms with Crippen molar-refractivity contribution in [3.8, 4) is 0 Å². The highest BCUT2D eigenvalue weighted by molar-refractivity contribution is 5.03. The van der Waals surface area contributed by atoms with E-state index in [4.69, 9.17) is 0 Å². The number of piperazine rings is 1. The minimum Gasteiger partial charge on any atom is -0.301 e. The zero-order valence-corrected chi connectivity index (χ0v) is 12.7. The van der Waals surface area contributed by atoms with Crippen LogP contribution in [0.15, 0.2) is 23.3 Å². The normalized spacial score (nSPS) is 19.0. The van der Waals surface area contributed by atoms with Gasteiger partial charge in [-0.1, -0.05) is 30.2 Å². The van der Waals surface area contributed by atoms with Crippen LogP contribution in [0, 0.1) is 0 Å². The standard InChI is InChI=1S/C16H30N2/c1-5-17-11-13-18(14-12-17)10-9-16(4)8-6-7-15(2)3/h7,9H,5-6,8,10-14H2,1-4H3/b16-9-. The van der Waals surface area contributed by atoms with E-state index in [1.54, 1.807) is 0 Å². The van der Waals surface area contributed by atoms with Gasteiger partial charge < -0.3 is 4.90 Å². The van der Waals surface area contributed by atoms with Gasteiger partial charge >= 0.3 is 0 Å². The first-order valence-electron chi connectivity index (χ1n) is 7.35. The first-order chi connectivity index (χ1) is 8.61. The highest BCUT2D eigenvalue weighted by atomic mass is 15.2. The van der Waals surface area contributed by atoms with Crippen LogP contribution in [0.3, 0.4) is 0 Å². The fourth-order valence-electron chi connectivity index (χ4n) is 2.26. The Labute approximate surface area is 113 Å². The van der Waals surface area contributed by atoms with E-state index in [0.29, 0.717) is 0 Å². The predicted octanol–water partition coefficient (Wildman–Crippen LogP) is 3.32. The smallest absolute Gasteiger partial charge is 0.0166 e. The van der Waals surface area contributed by atoms with Gasteiger partial charge in [-0.15, -0.1) is 0 Å². The lowest BCUT2D eigenvalue weighted by Gasteiger charge is -2.33. The van der Waals surface area contributed by atoms with Gasteiger partial charge in [0.1, 0.15) is 0 Å². The maximum atomic E-state index is 2.57. The molecular formula is C16H30N2. The highest BCUT2D eigenvalue weighted by Crippen LogP contribution is 2.08. The topological polar surface area (TPSA) is 6.48 Å². The van der Waals surface area contributed by atoms with E-state index in [-0.39, 0.29) is 0 Å². The van der Waals surface area contributed by atoms with Crippen molar-refractivity contribution in [1.82, 2.24) is 9.80 Å². The van der Waals surface area contributed by atoms with Crippen LogP contribution in [-0.2, 0) is 0 Å². The molecule has 0 amide bonds. The van der Waals surface area contributed by atoms with Gasteiger partial charge in [0.2, 0.25) is 0 Å². The summed E-state index contributed by atoms with van der Waals surface area (Å²) in [5.41, 5.74) is 2.96. The summed E-state index contributed by atoms with van der Waals surface area (Å²) in [6.45, 7) is 16.1. The molecule has 0 aromatic rings. The van der Waals surface area contributed by atoms with Crippen molar-refractivity contribution < 1.29 is 0 Å². The van der Waals surface area contributed by atoms with Gasteiger partial charge in [-0.05, 0) is 40.2 Å². The number of allylic oxidation sites excluding steroid dienone is 3. The van der Waals surface area contributed by atoms with Crippen LogP contribution >= 0.6 is 0 Å². The lowest BCUT2D eigenvalue weighted by molar-refractivity contribution is 0.148. The Kier molecular flexibility index (Phi) is 7.29. The molecule has 0 radical (unpaired) electrons. The second-order valence-electron chi connectivity index (χ2n) is 5.61. The summed E-state index contributed by atoms with van der Waals surface area (Å²) in [5.74, 6) is 0.